The van der Waals surface area contributed by atoms with Crippen LogP contribution in [0.15, 0.2) is 12.2 Å². The minimum absolute atomic E-state index is 0.107. The fraction of sp³-hybridized carbons (Fsp3) is 0.857. The Morgan fingerprint density at radius 3 is 1.79 bits per heavy atom. The average molecular weight is 517 g/mol. The third kappa shape index (κ3) is 25.4. The summed E-state index contributed by atoms with van der Waals surface area (Å²) < 4.78 is 72.8. The maximum atomic E-state index is 11.7. The number of carbonyl (C=O) groups excluding carboxylic acids is 1. The van der Waals surface area contributed by atoms with E-state index in [1.807, 2.05) is 0 Å². The van der Waals surface area contributed by atoms with Crippen molar-refractivity contribution in [1.82, 2.24) is 0 Å². The van der Waals surface area contributed by atoms with Crippen molar-refractivity contribution in [2.24, 2.45) is 0 Å². The summed E-state index contributed by atoms with van der Waals surface area (Å²) in [6.07, 6.45) is 17.6. The Morgan fingerprint density at radius 2 is 1.27 bits per heavy atom. The molecule has 12 heteroatoms. The molecule has 0 saturated heterocycles. The van der Waals surface area contributed by atoms with Crippen molar-refractivity contribution in [3.05, 3.63) is 12.2 Å². The van der Waals surface area contributed by atoms with Crippen LogP contribution >= 0.6 is 0 Å². The predicted octanol–water partition coefficient (Wildman–Crippen LogP) is 4.57. The highest BCUT2D eigenvalue weighted by Crippen LogP contribution is 2.11. The normalized spacial score (nSPS) is 13.4. The van der Waals surface area contributed by atoms with Crippen molar-refractivity contribution in [2.75, 3.05) is 13.2 Å². The number of unbranched alkanes of at least 4 members (excludes halogenated alkanes) is 11. The molecule has 0 aromatic heterocycles. The predicted molar refractivity (Wildman–Crippen MR) is 124 cm³/mol. The van der Waals surface area contributed by atoms with Crippen molar-refractivity contribution in [1.29, 1.82) is 0 Å². The molecule has 1 unspecified atom stereocenters. The Labute approximate surface area is 199 Å². The fourth-order valence-corrected chi connectivity index (χ4v) is 3.81. The second kappa shape index (κ2) is 19.3. The number of esters is 1. The second-order valence-corrected chi connectivity index (χ2v) is 10.0. The van der Waals surface area contributed by atoms with Gasteiger partial charge in [-0.15, -0.1) is 0 Å². The lowest BCUT2D eigenvalue weighted by Crippen LogP contribution is -2.30. The molecule has 0 fully saturated rings. The summed E-state index contributed by atoms with van der Waals surface area (Å²) in [5.41, 5.74) is 0. The maximum absolute atomic E-state index is 11.7. The molecule has 1 atom stereocenters. The number of hydrogen-bond acceptors (Lipinski definition) is 8. The van der Waals surface area contributed by atoms with Crippen LogP contribution in [0.25, 0.3) is 0 Å². The first kappa shape index (κ1) is 31.9. The molecular formula is C21H40O10S2. The van der Waals surface area contributed by atoms with E-state index in [1.54, 1.807) is 0 Å². The van der Waals surface area contributed by atoms with Crippen molar-refractivity contribution in [3.63, 3.8) is 0 Å². The molecule has 0 saturated carbocycles. The smallest absolute Gasteiger partial charge is 0.397 e. The van der Waals surface area contributed by atoms with Gasteiger partial charge in [-0.2, -0.15) is 16.8 Å². The first-order valence-corrected chi connectivity index (χ1v) is 14.3. The standard InChI is InChI=1S/C21H40O10S2/c1-2-3-4-5-6-7-8-9-10-11-12-13-14-15-16-17-21(22)29-18-20(31-33(26,27)28)19-30-32(23,24)25/h9-10,20H,2-8,11-19H2,1H3,(H,23,24,25)(H,26,27,28). The number of ether oxygens (including phenoxy) is 1. The molecule has 0 bridgehead atoms. The summed E-state index contributed by atoms with van der Waals surface area (Å²) in [5, 5.41) is 0. The molecule has 10 nitrogen and oxygen atoms in total. The molecule has 0 aromatic rings. The third-order valence-electron chi connectivity index (χ3n) is 4.73. The quantitative estimate of drug-likeness (QED) is 0.0904. The van der Waals surface area contributed by atoms with Crippen LogP contribution in [0, 0.1) is 0 Å². The van der Waals surface area contributed by atoms with Gasteiger partial charge in [-0.05, 0) is 32.1 Å². The van der Waals surface area contributed by atoms with Gasteiger partial charge in [0.15, 0.2) is 0 Å². The first-order valence-electron chi connectivity index (χ1n) is 11.6. The van der Waals surface area contributed by atoms with Crippen molar-refractivity contribution < 1.29 is 43.8 Å². The zero-order chi connectivity index (χ0) is 25.0. The van der Waals surface area contributed by atoms with Gasteiger partial charge < -0.3 is 4.74 Å². The van der Waals surface area contributed by atoms with E-state index >= 15 is 0 Å². The summed E-state index contributed by atoms with van der Waals surface area (Å²) in [7, 11) is -9.79. The molecule has 0 amide bonds. The van der Waals surface area contributed by atoms with Gasteiger partial charge in [0.05, 0.1) is 6.61 Å². The van der Waals surface area contributed by atoms with E-state index in [0.717, 1.165) is 38.5 Å². The summed E-state index contributed by atoms with van der Waals surface area (Å²) in [6.45, 7) is 0.594. The van der Waals surface area contributed by atoms with E-state index in [4.69, 9.17) is 13.8 Å². The minimum atomic E-state index is -4.94. The maximum Gasteiger partial charge on any atom is 0.397 e. The summed E-state index contributed by atoms with van der Waals surface area (Å²) >= 11 is 0. The summed E-state index contributed by atoms with van der Waals surface area (Å²) in [4.78, 5) is 11.7. The largest absolute Gasteiger partial charge is 0.463 e. The summed E-state index contributed by atoms with van der Waals surface area (Å²) in [5.74, 6) is -0.622. The number of hydrogen-bond donors (Lipinski definition) is 2. The van der Waals surface area contributed by atoms with Gasteiger partial charge in [0.25, 0.3) is 0 Å². The van der Waals surface area contributed by atoms with Gasteiger partial charge >= 0.3 is 26.8 Å². The monoisotopic (exact) mass is 516 g/mol. The highest BCUT2D eigenvalue weighted by molar-refractivity contribution is 7.81. The highest BCUT2D eigenvalue weighted by atomic mass is 32.3. The molecule has 0 aliphatic rings. The molecule has 0 heterocycles. The molecule has 0 aromatic carbocycles. The topological polar surface area (TPSA) is 154 Å². The first-order chi connectivity index (χ1) is 15.5. The van der Waals surface area contributed by atoms with Crippen LogP contribution in [-0.4, -0.2) is 51.2 Å². The zero-order valence-corrected chi connectivity index (χ0v) is 21.2. The molecular weight excluding hydrogens is 476 g/mol. The Kier molecular flexibility index (Phi) is 18.7. The van der Waals surface area contributed by atoms with Crippen LogP contribution < -0.4 is 0 Å². The van der Waals surface area contributed by atoms with E-state index in [9.17, 15) is 21.6 Å². The fourth-order valence-electron chi connectivity index (χ4n) is 3.04. The lowest BCUT2D eigenvalue weighted by atomic mass is 10.1. The SMILES string of the molecule is CCCCCCCCC=CCCCCCCCC(=O)OCC(COS(=O)(=O)O)OS(=O)(=O)O. The summed E-state index contributed by atoms with van der Waals surface area (Å²) in [6, 6.07) is 0. The van der Waals surface area contributed by atoms with E-state index < -0.39 is 46.1 Å². The van der Waals surface area contributed by atoms with Crippen LogP contribution in [0.3, 0.4) is 0 Å². The van der Waals surface area contributed by atoms with Crippen LogP contribution in [-0.2, 0) is 38.7 Å². The van der Waals surface area contributed by atoms with Crippen LogP contribution in [0.4, 0.5) is 0 Å². The zero-order valence-electron chi connectivity index (χ0n) is 19.5. The third-order valence-corrected chi connectivity index (χ3v) is 5.68. The lowest BCUT2D eigenvalue weighted by molar-refractivity contribution is -0.146. The highest BCUT2D eigenvalue weighted by Gasteiger charge is 2.22. The number of rotatable bonds is 22. The van der Waals surface area contributed by atoms with Crippen molar-refractivity contribution >= 4 is 26.8 Å². The van der Waals surface area contributed by atoms with Gasteiger partial charge in [-0.25, -0.2) is 8.37 Å². The van der Waals surface area contributed by atoms with Crippen LogP contribution in [0.5, 0.6) is 0 Å². The number of allylic oxidation sites excluding steroid dienone is 2. The molecule has 2 N–H and O–H groups in total. The van der Waals surface area contributed by atoms with Crippen LogP contribution in [0.2, 0.25) is 0 Å². The molecule has 33 heavy (non-hydrogen) atoms. The van der Waals surface area contributed by atoms with Gasteiger partial charge in [0.1, 0.15) is 12.7 Å². The molecule has 0 aliphatic carbocycles. The van der Waals surface area contributed by atoms with Gasteiger partial charge in [-0.1, -0.05) is 70.4 Å². The van der Waals surface area contributed by atoms with Crippen molar-refractivity contribution in [3.8, 4) is 0 Å². The average Bonchev–Trinajstić information content (AvgIpc) is 2.71. The van der Waals surface area contributed by atoms with Gasteiger partial charge in [0, 0.05) is 6.42 Å². The van der Waals surface area contributed by atoms with E-state index in [1.165, 1.54) is 38.5 Å². The Balaban J connectivity index is 3.78. The van der Waals surface area contributed by atoms with Gasteiger partial charge in [-0.3, -0.25) is 13.9 Å². The molecule has 0 radical (unpaired) electrons. The lowest BCUT2D eigenvalue weighted by Gasteiger charge is -2.14. The van der Waals surface area contributed by atoms with Gasteiger partial charge in [0.2, 0.25) is 0 Å². The Bertz CT molecular complexity index is 732. The molecule has 0 spiro atoms. The van der Waals surface area contributed by atoms with Crippen molar-refractivity contribution in [2.45, 2.75) is 103 Å². The van der Waals surface area contributed by atoms with Crippen LogP contribution in [0.1, 0.15) is 96.8 Å². The number of carbonyl (C=O) groups is 1. The Morgan fingerprint density at radius 1 is 0.758 bits per heavy atom. The second-order valence-electron chi connectivity index (χ2n) is 7.88. The minimum Gasteiger partial charge on any atom is -0.463 e. The van der Waals surface area contributed by atoms with E-state index in [-0.39, 0.29) is 6.42 Å². The van der Waals surface area contributed by atoms with E-state index in [0.29, 0.717) is 6.42 Å². The molecule has 196 valence electrons. The van der Waals surface area contributed by atoms with E-state index in [2.05, 4.69) is 27.4 Å². The molecule has 0 rings (SSSR count). The molecule has 0 aliphatic heterocycles. The Hall–Kier alpha value is -1.05.